The van der Waals surface area contributed by atoms with E-state index in [0.717, 1.165) is 5.56 Å². The first-order valence-corrected chi connectivity index (χ1v) is 7.57. The molecule has 0 fully saturated rings. The van der Waals surface area contributed by atoms with E-state index < -0.39 is 16.5 Å². The number of aromatic nitrogens is 2. The van der Waals surface area contributed by atoms with E-state index in [2.05, 4.69) is 9.97 Å². The van der Waals surface area contributed by atoms with Crippen molar-refractivity contribution in [2.24, 2.45) is 0 Å². The van der Waals surface area contributed by atoms with E-state index in [9.17, 15) is 14.4 Å². The highest BCUT2D eigenvalue weighted by atomic mass is 35.5. The predicted molar refractivity (Wildman–Crippen MR) is 85.8 cm³/mol. The van der Waals surface area contributed by atoms with Crippen LogP contribution < -0.4 is 11.1 Å². The van der Waals surface area contributed by atoms with Gasteiger partial charge in [-0.15, -0.1) is 0 Å². The Labute approximate surface area is 136 Å². The molecule has 0 radical (unpaired) electrons. The Morgan fingerprint density at radius 3 is 2.65 bits per heavy atom. The van der Waals surface area contributed by atoms with Gasteiger partial charge in [-0.05, 0) is 31.5 Å². The molecule has 3 rings (SSSR count). The van der Waals surface area contributed by atoms with Gasteiger partial charge in [0.25, 0.3) is 0 Å². The third-order valence-electron chi connectivity index (χ3n) is 4.13. The van der Waals surface area contributed by atoms with Gasteiger partial charge in [-0.2, -0.15) is 0 Å². The molecule has 1 aromatic carbocycles. The molecule has 0 bridgehead atoms. The van der Waals surface area contributed by atoms with Crippen molar-refractivity contribution >= 4 is 17.6 Å². The Morgan fingerprint density at radius 1 is 1.26 bits per heavy atom. The maximum Gasteiger partial charge on any atom is 0.314 e. The highest BCUT2D eigenvalue weighted by Gasteiger charge is 2.43. The van der Waals surface area contributed by atoms with Crippen molar-refractivity contribution in [2.75, 3.05) is 6.61 Å². The van der Waals surface area contributed by atoms with Crippen molar-refractivity contribution in [2.45, 2.75) is 25.7 Å². The summed E-state index contributed by atoms with van der Waals surface area (Å²) in [5.74, 6) is -0.379. The summed E-state index contributed by atoms with van der Waals surface area (Å²) in [4.78, 5) is 40.7. The lowest BCUT2D eigenvalue weighted by molar-refractivity contribution is -0.144. The molecular weight excluding hydrogens is 320 g/mol. The molecule has 1 aromatic heterocycles. The second-order valence-electron chi connectivity index (χ2n) is 5.66. The van der Waals surface area contributed by atoms with Crippen LogP contribution in [0.5, 0.6) is 0 Å². The molecule has 2 N–H and O–H groups in total. The van der Waals surface area contributed by atoms with Crippen LogP contribution >= 0.6 is 11.6 Å². The first-order chi connectivity index (χ1) is 10.9. The summed E-state index contributed by atoms with van der Waals surface area (Å²) < 4.78 is 5.05. The van der Waals surface area contributed by atoms with Gasteiger partial charge in [0, 0.05) is 16.0 Å². The number of H-pyrrole nitrogens is 2. The van der Waals surface area contributed by atoms with Crippen LogP contribution in [-0.4, -0.2) is 22.5 Å². The lowest BCUT2D eigenvalue weighted by Crippen LogP contribution is -2.35. The Balaban J connectivity index is 2.26. The topological polar surface area (TPSA) is 92.0 Å². The van der Waals surface area contributed by atoms with E-state index in [4.69, 9.17) is 16.3 Å². The molecule has 1 aliphatic rings. The Hall–Kier alpha value is -2.34. The van der Waals surface area contributed by atoms with E-state index in [0.29, 0.717) is 22.0 Å². The molecule has 7 heteroatoms. The van der Waals surface area contributed by atoms with Gasteiger partial charge in [0.05, 0.1) is 24.4 Å². The van der Waals surface area contributed by atoms with Crippen molar-refractivity contribution in [3.8, 4) is 11.3 Å². The number of rotatable bonds is 3. The maximum atomic E-state index is 12.0. The average molecular weight is 335 g/mol. The second kappa shape index (κ2) is 5.38. The molecular formula is C16H15ClN2O4. The number of carbonyl (C=O) groups is 1. The normalized spacial score (nSPS) is 18.4. The van der Waals surface area contributed by atoms with E-state index in [1.807, 2.05) is 6.92 Å². The SMILES string of the molecule is CCOC(=O)C[C@]1(C)c2ccc(Cl)cc2-c2[nH]c(=O)c(=O)[nH]c21. The van der Waals surface area contributed by atoms with Crippen molar-refractivity contribution in [3.05, 3.63) is 55.2 Å². The van der Waals surface area contributed by atoms with E-state index >= 15 is 0 Å². The van der Waals surface area contributed by atoms with Crippen LogP contribution in [0.1, 0.15) is 31.5 Å². The number of ether oxygens (including phenoxy) is 1. The molecule has 0 aliphatic heterocycles. The van der Waals surface area contributed by atoms with Crippen molar-refractivity contribution in [1.29, 1.82) is 0 Å². The molecule has 0 amide bonds. The molecule has 0 saturated carbocycles. The highest BCUT2D eigenvalue weighted by molar-refractivity contribution is 6.31. The van der Waals surface area contributed by atoms with E-state index in [1.165, 1.54) is 0 Å². The van der Waals surface area contributed by atoms with Gasteiger partial charge < -0.3 is 14.7 Å². The van der Waals surface area contributed by atoms with E-state index in [1.54, 1.807) is 25.1 Å². The number of aromatic amines is 2. The Bertz CT molecular complexity index is 915. The average Bonchev–Trinajstić information content (AvgIpc) is 2.69. The fraction of sp³-hybridized carbons (Fsp3) is 0.312. The van der Waals surface area contributed by atoms with Gasteiger partial charge in [-0.1, -0.05) is 17.7 Å². The zero-order chi connectivity index (χ0) is 16.8. The van der Waals surface area contributed by atoms with Crippen LogP contribution in [0, 0.1) is 0 Å². The van der Waals surface area contributed by atoms with Crippen molar-refractivity contribution < 1.29 is 9.53 Å². The van der Waals surface area contributed by atoms with Crippen LogP contribution in [0.4, 0.5) is 0 Å². The number of halogens is 1. The molecule has 1 heterocycles. The van der Waals surface area contributed by atoms with Crippen molar-refractivity contribution in [1.82, 2.24) is 9.97 Å². The van der Waals surface area contributed by atoms with Gasteiger partial charge in [0.1, 0.15) is 0 Å². The molecule has 1 aliphatic carbocycles. The van der Waals surface area contributed by atoms with Crippen LogP contribution in [0.15, 0.2) is 27.8 Å². The lowest BCUT2D eigenvalue weighted by atomic mass is 9.80. The van der Waals surface area contributed by atoms with Crippen LogP contribution in [0.25, 0.3) is 11.3 Å². The Morgan fingerprint density at radius 2 is 1.96 bits per heavy atom. The molecule has 1 atom stereocenters. The zero-order valence-corrected chi connectivity index (χ0v) is 13.4. The first kappa shape index (κ1) is 15.6. The lowest BCUT2D eigenvalue weighted by Gasteiger charge is -2.25. The monoisotopic (exact) mass is 334 g/mol. The second-order valence-corrected chi connectivity index (χ2v) is 6.10. The van der Waals surface area contributed by atoms with Crippen molar-refractivity contribution in [3.63, 3.8) is 0 Å². The number of nitrogens with one attached hydrogen (secondary N) is 2. The summed E-state index contributed by atoms with van der Waals surface area (Å²) in [7, 11) is 0. The first-order valence-electron chi connectivity index (χ1n) is 7.20. The van der Waals surface area contributed by atoms with Gasteiger partial charge in [-0.25, -0.2) is 0 Å². The number of fused-ring (bicyclic) bond motifs is 3. The minimum atomic E-state index is -0.801. The maximum absolute atomic E-state index is 12.0. The smallest absolute Gasteiger partial charge is 0.314 e. The van der Waals surface area contributed by atoms with Gasteiger partial charge in [0.2, 0.25) is 0 Å². The fourth-order valence-electron chi connectivity index (χ4n) is 3.10. The molecule has 23 heavy (non-hydrogen) atoms. The number of carbonyl (C=O) groups excluding carboxylic acids is 1. The summed E-state index contributed by atoms with van der Waals surface area (Å²) in [6, 6.07) is 5.22. The number of hydrogen-bond donors (Lipinski definition) is 2. The number of esters is 1. The predicted octanol–water partition coefficient (Wildman–Crippen LogP) is 1.96. The zero-order valence-electron chi connectivity index (χ0n) is 12.7. The van der Waals surface area contributed by atoms with Crippen LogP contribution in [0.3, 0.4) is 0 Å². The quantitative estimate of drug-likeness (QED) is 0.663. The third kappa shape index (κ3) is 2.39. The largest absolute Gasteiger partial charge is 0.466 e. The molecule has 120 valence electrons. The Kier molecular flexibility index (Phi) is 3.64. The minimum absolute atomic E-state index is 0.0461. The summed E-state index contributed by atoms with van der Waals surface area (Å²) in [5, 5.41) is 0.502. The molecule has 2 aromatic rings. The standard InChI is InChI=1S/C16H15ClN2O4/c1-3-23-11(20)7-16(2)10-5-4-8(17)6-9(10)12-13(16)19-15(22)14(21)18-12/h4-6H,3,7H2,1-2H3,(H,18,21)(H,19,22)/t16-/m1/s1. The molecule has 0 saturated heterocycles. The van der Waals surface area contributed by atoms with Crippen LogP contribution in [0.2, 0.25) is 5.02 Å². The van der Waals surface area contributed by atoms with Gasteiger partial charge >= 0.3 is 17.1 Å². The minimum Gasteiger partial charge on any atom is -0.466 e. The highest BCUT2D eigenvalue weighted by Crippen LogP contribution is 2.48. The van der Waals surface area contributed by atoms with Crippen LogP contribution in [-0.2, 0) is 14.9 Å². The van der Waals surface area contributed by atoms with Gasteiger partial charge in [-0.3, -0.25) is 14.4 Å². The summed E-state index contributed by atoms with van der Waals surface area (Å²) in [6.07, 6.45) is 0.0461. The molecule has 0 spiro atoms. The molecule has 0 unspecified atom stereocenters. The number of hydrogen-bond acceptors (Lipinski definition) is 4. The van der Waals surface area contributed by atoms with Gasteiger partial charge in [0.15, 0.2) is 0 Å². The fourth-order valence-corrected chi connectivity index (χ4v) is 3.28. The third-order valence-corrected chi connectivity index (χ3v) is 4.37. The van der Waals surface area contributed by atoms with E-state index in [-0.39, 0.29) is 19.0 Å². The number of benzene rings is 1. The summed E-state index contributed by atoms with van der Waals surface area (Å²) >= 11 is 6.05. The molecule has 6 nitrogen and oxygen atoms in total. The summed E-state index contributed by atoms with van der Waals surface area (Å²) in [6.45, 7) is 3.84. The summed E-state index contributed by atoms with van der Waals surface area (Å²) in [5.41, 5.74) is 0.194.